The molecule has 0 saturated heterocycles. The first kappa shape index (κ1) is 15.3. The van der Waals surface area contributed by atoms with E-state index in [0.717, 1.165) is 5.69 Å². The van der Waals surface area contributed by atoms with Crippen molar-refractivity contribution in [1.82, 2.24) is 4.90 Å². The average Bonchev–Trinajstić information content (AvgIpc) is 2.36. The van der Waals surface area contributed by atoms with Gasteiger partial charge >= 0.3 is 6.03 Å². The van der Waals surface area contributed by atoms with Gasteiger partial charge in [0.25, 0.3) is 0 Å². The molecule has 106 valence electrons. The molecule has 0 aliphatic heterocycles. The van der Waals surface area contributed by atoms with E-state index in [1.54, 1.807) is 36.3 Å². The van der Waals surface area contributed by atoms with Gasteiger partial charge in [0.05, 0.1) is 6.61 Å². The Labute approximate surface area is 114 Å². The van der Waals surface area contributed by atoms with Crippen molar-refractivity contribution in [3.8, 4) is 0 Å². The molecule has 0 atom stereocenters. The van der Waals surface area contributed by atoms with Crippen LogP contribution in [0.15, 0.2) is 24.3 Å². The summed E-state index contributed by atoms with van der Waals surface area (Å²) < 4.78 is 5.03. The van der Waals surface area contributed by atoms with Crippen LogP contribution in [0.1, 0.15) is 13.8 Å². The van der Waals surface area contributed by atoms with Crippen molar-refractivity contribution < 1.29 is 9.53 Å². The van der Waals surface area contributed by atoms with E-state index in [0.29, 0.717) is 31.3 Å². The minimum atomic E-state index is -0.115. The second-order valence-electron chi connectivity index (χ2n) is 4.88. The largest absolute Gasteiger partial charge is 0.399 e. The van der Waals surface area contributed by atoms with E-state index >= 15 is 0 Å². The number of hydrogen-bond acceptors (Lipinski definition) is 3. The number of hydrogen-bond donors (Lipinski definition) is 2. The maximum Gasteiger partial charge on any atom is 0.321 e. The molecule has 2 amide bonds. The molecule has 1 aromatic carbocycles. The molecule has 5 heteroatoms. The summed E-state index contributed by atoms with van der Waals surface area (Å²) in [4.78, 5) is 13.9. The molecule has 19 heavy (non-hydrogen) atoms. The van der Waals surface area contributed by atoms with Crippen molar-refractivity contribution in [1.29, 1.82) is 0 Å². The maximum atomic E-state index is 12.2. The van der Waals surface area contributed by atoms with Gasteiger partial charge in [0.1, 0.15) is 0 Å². The highest BCUT2D eigenvalue weighted by Gasteiger charge is 2.14. The van der Waals surface area contributed by atoms with E-state index < -0.39 is 0 Å². The molecule has 1 rings (SSSR count). The fraction of sp³-hybridized carbons (Fsp3) is 0.500. The Hall–Kier alpha value is -1.75. The van der Waals surface area contributed by atoms with Crippen LogP contribution < -0.4 is 11.1 Å². The van der Waals surface area contributed by atoms with Gasteiger partial charge in [0.15, 0.2) is 0 Å². The number of nitrogens with two attached hydrogens (primary N) is 1. The molecule has 0 bridgehead atoms. The third kappa shape index (κ3) is 5.61. The number of amides is 2. The second-order valence-corrected chi connectivity index (χ2v) is 4.88. The van der Waals surface area contributed by atoms with Crippen LogP contribution in [0.5, 0.6) is 0 Å². The minimum absolute atomic E-state index is 0.115. The van der Waals surface area contributed by atoms with Crippen LogP contribution in [0.3, 0.4) is 0 Å². The first-order chi connectivity index (χ1) is 9.02. The molecule has 0 aliphatic carbocycles. The topological polar surface area (TPSA) is 67.6 Å². The third-order valence-corrected chi connectivity index (χ3v) is 2.60. The SMILES string of the molecule is COCCN(CC(C)C)C(=O)Nc1ccc(N)cc1. The Morgan fingerprint density at radius 1 is 1.37 bits per heavy atom. The molecular weight excluding hydrogens is 242 g/mol. The normalized spacial score (nSPS) is 10.5. The summed E-state index contributed by atoms with van der Waals surface area (Å²) in [5.41, 5.74) is 7.03. The van der Waals surface area contributed by atoms with Crippen LogP contribution in [-0.2, 0) is 4.74 Å². The van der Waals surface area contributed by atoms with Crippen molar-refractivity contribution >= 4 is 17.4 Å². The Morgan fingerprint density at radius 2 is 2.00 bits per heavy atom. The van der Waals surface area contributed by atoms with Gasteiger partial charge < -0.3 is 20.7 Å². The summed E-state index contributed by atoms with van der Waals surface area (Å²) in [5, 5.41) is 2.86. The lowest BCUT2D eigenvalue weighted by atomic mass is 10.2. The molecule has 5 nitrogen and oxygen atoms in total. The number of nitrogens with one attached hydrogen (secondary N) is 1. The van der Waals surface area contributed by atoms with Crippen molar-refractivity contribution in [2.24, 2.45) is 5.92 Å². The van der Waals surface area contributed by atoms with Crippen LogP contribution in [0.4, 0.5) is 16.2 Å². The van der Waals surface area contributed by atoms with Gasteiger partial charge in [0.2, 0.25) is 0 Å². The summed E-state index contributed by atoms with van der Waals surface area (Å²) >= 11 is 0. The summed E-state index contributed by atoms with van der Waals surface area (Å²) in [6.45, 7) is 5.97. The molecule has 0 saturated carbocycles. The first-order valence-corrected chi connectivity index (χ1v) is 6.43. The summed E-state index contributed by atoms with van der Waals surface area (Å²) in [5.74, 6) is 0.411. The van der Waals surface area contributed by atoms with E-state index in [-0.39, 0.29) is 6.03 Å². The molecule has 0 aliphatic rings. The molecule has 0 spiro atoms. The van der Waals surface area contributed by atoms with Gasteiger partial charge in [-0.2, -0.15) is 0 Å². The van der Waals surface area contributed by atoms with Crippen molar-refractivity contribution in [3.05, 3.63) is 24.3 Å². The van der Waals surface area contributed by atoms with E-state index in [1.165, 1.54) is 0 Å². The monoisotopic (exact) mass is 265 g/mol. The Bertz CT molecular complexity index is 390. The minimum Gasteiger partial charge on any atom is -0.399 e. The van der Waals surface area contributed by atoms with Gasteiger partial charge in [-0.1, -0.05) is 13.8 Å². The van der Waals surface area contributed by atoms with Gasteiger partial charge in [-0.05, 0) is 30.2 Å². The zero-order valence-electron chi connectivity index (χ0n) is 11.8. The Morgan fingerprint density at radius 3 is 2.53 bits per heavy atom. The molecule has 0 aromatic heterocycles. The van der Waals surface area contributed by atoms with Gasteiger partial charge in [-0.3, -0.25) is 0 Å². The molecule has 0 unspecified atom stereocenters. The van der Waals surface area contributed by atoms with Crippen molar-refractivity contribution in [3.63, 3.8) is 0 Å². The Kier molecular flexibility index (Phi) is 6.15. The second kappa shape index (κ2) is 7.63. The van der Waals surface area contributed by atoms with Gasteiger partial charge in [0, 0.05) is 31.6 Å². The lowest BCUT2D eigenvalue weighted by Gasteiger charge is -2.24. The number of urea groups is 1. The fourth-order valence-electron chi connectivity index (χ4n) is 1.69. The number of nitrogen functional groups attached to an aromatic ring is 1. The first-order valence-electron chi connectivity index (χ1n) is 6.43. The predicted octanol–water partition coefficient (Wildman–Crippen LogP) is 2.41. The Balaban J connectivity index is 2.62. The van der Waals surface area contributed by atoms with E-state index in [2.05, 4.69) is 19.2 Å². The van der Waals surface area contributed by atoms with E-state index in [9.17, 15) is 4.79 Å². The van der Waals surface area contributed by atoms with Crippen molar-refractivity contribution in [2.45, 2.75) is 13.8 Å². The van der Waals surface area contributed by atoms with E-state index in [1.807, 2.05) is 0 Å². The number of anilines is 2. The molecule has 1 aromatic rings. The van der Waals surface area contributed by atoms with Crippen LogP contribution in [0.25, 0.3) is 0 Å². The average molecular weight is 265 g/mol. The lowest BCUT2D eigenvalue weighted by Crippen LogP contribution is -2.39. The molecule has 0 heterocycles. The summed E-state index contributed by atoms with van der Waals surface area (Å²) in [6, 6.07) is 6.99. The van der Waals surface area contributed by atoms with Crippen LogP contribution in [0.2, 0.25) is 0 Å². The standard InChI is InChI=1S/C14H23N3O2/c1-11(2)10-17(8-9-19-3)14(18)16-13-6-4-12(15)5-7-13/h4-7,11H,8-10,15H2,1-3H3,(H,16,18). The van der Waals surface area contributed by atoms with Crippen LogP contribution in [0, 0.1) is 5.92 Å². The number of nitrogens with zero attached hydrogens (tertiary/aromatic N) is 1. The number of rotatable bonds is 6. The van der Waals surface area contributed by atoms with E-state index in [4.69, 9.17) is 10.5 Å². The molecular formula is C14H23N3O2. The third-order valence-electron chi connectivity index (χ3n) is 2.60. The predicted molar refractivity (Wildman–Crippen MR) is 78.2 cm³/mol. The van der Waals surface area contributed by atoms with Crippen LogP contribution in [-0.4, -0.2) is 37.7 Å². The van der Waals surface area contributed by atoms with Crippen molar-refractivity contribution in [2.75, 3.05) is 37.9 Å². The van der Waals surface area contributed by atoms with Gasteiger partial charge in [-0.25, -0.2) is 4.79 Å². The zero-order valence-corrected chi connectivity index (χ0v) is 11.8. The highest BCUT2D eigenvalue weighted by atomic mass is 16.5. The molecule has 0 fully saturated rings. The zero-order chi connectivity index (χ0) is 14.3. The number of benzene rings is 1. The smallest absolute Gasteiger partial charge is 0.321 e. The molecule has 3 N–H and O–H groups in total. The summed E-state index contributed by atoms with van der Waals surface area (Å²) in [7, 11) is 1.63. The number of ether oxygens (including phenoxy) is 1. The fourth-order valence-corrected chi connectivity index (χ4v) is 1.69. The number of carbonyl (C=O) groups excluding carboxylic acids is 1. The van der Waals surface area contributed by atoms with Crippen LogP contribution >= 0.6 is 0 Å². The highest BCUT2D eigenvalue weighted by molar-refractivity contribution is 5.89. The quantitative estimate of drug-likeness (QED) is 0.776. The number of carbonyl (C=O) groups is 1. The lowest BCUT2D eigenvalue weighted by molar-refractivity contribution is 0.150. The highest BCUT2D eigenvalue weighted by Crippen LogP contribution is 2.11. The maximum absolute atomic E-state index is 12.2. The summed E-state index contributed by atoms with van der Waals surface area (Å²) in [6.07, 6.45) is 0. The molecule has 0 radical (unpaired) electrons. The number of methoxy groups -OCH3 is 1. The van der Waals surface area contributed by atoms with Gasteiger partial charge in [-0.15, -0.1) is 0 Å².